The van der Waals surface area contributed by atoms with Gasteiger partial charge in [0.2, 0.25) is 0 Å². The maximum Gasteiger partial charge on any atom is 0.0695 e. The molecule has 1 aliphatic carbocycles. The fourth-order valence-corrected chi connectivity index (χ4v) is 2.80. The summed E-state index contributed by atoms with van der Waals surface area (Å²) in [4.78, 5) is 2.32. The maximum atomic E-state index is 9.90. The number of hydrogen-bond acceptors (Lipinski definition) is 3. The molecule has 15 heavy (non-hydrogen) atoms. The predicted molar refractivity (Wildman–Crippen MR) is 61.8 cm³/mol. The zero-order valence-corrected chi connectivity index (χ0v) is 10.0. The zero-order valence-electron chi connectivity index (χ0n) is 10.0. The van der Waals surface area contributed by atoms with Crippen LogP contribution in [0.4, 0.5) is 0 Å². The Labute approximate surface area is 93.1 Å². The minimum Gasteiger partial charge on any atom is -0.395 e. The van der Waals surface area contributed by atoms with Gasteiger partial charge in [0.25, 0.3) is 0 Å². The van der Waals surface area contributed by atoms with E-state index < -0.39 is 0 Å². The average Bonchev–Trinajstić information content (AvgIpc) is 2.65. The fraction of sp³-hybridized carbons (Fsp3) is 1.00. The van der Waals surface area contributed by atoms with Crippen molar-refractivity contribution in [2.75, 3.05) is 13.2 Å². The molecule has 2 atom stereocenters. The van der Waals surface area contributed by atoms with Crippen molar-refractivity contribution in [2.45, 2.75) is 64.1 Å². The lowest BCUT2D eigenvalue weighted by Gasteiger charge is -2.36. The van der Waals surface area contributed by atoms with Crippen molar-refractivity contribution >= 4 is 0 Å². The number of aliphatic hydroxyl groups is 2. The van der Waals surface area contributed by atoms with Crippen LogP contribution in [-0.4, -0.2) is 46.5 Å². The fourth-order valence-electron chi connectivity index (χ4n) is 2.80. The molecule has 0 unspecified atom stereocenters. The molecule has 1 rings (SSSR count). The van der Waals surface area contributed by atoms with E-state index >= 15 is 0 Å². The van der Waals surface area contributed by atoms with E-state index in [-0.39, 0.29) is 18.8 Å². The first kappa shape index (κ1) is 12.9. The van der Waals surface area contributed by atoms with E-state index in [0.717, 1.165) is 32.1 Å². The van der Waals surface area contributed by atoms with E-state index in [9.17, 15) is 5.11 Å². The van der Waals surface area contributed by atoms with Crippen LogP contribution in [0.15, 0.2) is 0 Å². The largest absolute Gasteiger partial charge is 0.395 e. The third-order valence-electron chi connectivity index (χ3n) is 3.64. The second-order valence-electron chi connectivity index (χ2n) is 4.50. The molecule has 0 amide bonds. The van der Waals surface area contributed by atoms with Crippen molar-refractivity contribution in [1.29, 1.82) is 0 Å². The lowest BCUT2D eigenvalue weighted by atomic mass is 10.1. The summed E-state index contributed by atoms with van der Waals surface area (Å²) in [6.07, 6.45) is 5.13. The van der Waals surface area contributed by atoms with Crippen LogP contribution in [0, 0.1) is 0 Å². The smallest absolute Gasteiger partial charge is 0.0695 e. The number of rotatable bonds is 6. The third-order valence-corrected chi connectivity index (χ3v) is 3.64. The van der Waals surface area contributed by atoms with Gasteiger partial charge in [0.15, 0.2) is 0 Å². The van der Waals surface area contributed by atoms with Crippen molar-refractivity contribution in [1.82, 2.24) is 4.90 Å². The number of aliphatic hydroxyl groups excluding tert-OH is 2. The molecule has 1 aliphatic rings. The van der Waals surface area contributed by atoms with E-state index in [2.05, 4.69) is 18.7 Å². The van der Waals surface area contributed by atoms with Crippen molar-refractivity contribution in [2.24, 2.45) is 0 Å². The van der Waals surface area contributed by atoms with Crippen LogP contribution in [-0.2, 0) is 0 Å². The molecule has 0 spiro atoms. The highest BCUT2D eigenvalue weighted by Gasteiger charge is 2.32. The van der Waals surface area contributed by atoms with E-state index in [1.54, 1.807) is 0 Å². The van der Waals surface area contributed by atoms with Crippen LogP contribution in [0.5, 0.6) is 0 Å². The van der Waals surface area contributed by atoms with Crippen LogP contribution in [0.3, 0.4) is 0 Å². The topological polar surface area (TPSA) is 43.7 Å². The highest BCUT2D eigenvalue weighted by molar-refractivity contribution is 4.88. The summed E-state index contributed by atoms with van der Waals surface area (Å²) < 4.78 is 0. The summed E-state index contributed by atoms with van der Waals surface area (Å²) in [5.41, 5.74) is 0. The normalized spacial score (nSPS) is 26.8. The Hall–Kier alpha value is -0.120. The van der Waals surface area contributed by atoms with Gasteiger partial charge in [-0.3, -0.25) is 4.90 Å². The van der Waals surface area contributed by atoms with E-state index in [1.807, 2.05) is 0 Å². The molecular formula is C12H25NO2. The Morgan fingerprint density at radius 2 is 1.93 bits per heavy atom. The van der Waals surface area contributed by atoms with E-state index in [0.29, 0.717) is 12.6 Å². The Kier molecular flexibility index (Phi) is 5.58. The Morgan fingerprint density at radius 1 is 1.27 bits per heavy atom. The molecule has 0 aromatic rings. The minimum absolute atomic E-state index is 0.183. The van der Waals surface area contributed by atoms with Crippen LogP contribution >= 0.6 is 0 Å². The third kappa shape index (κ3) is 3.16. The molecule has 2 N–H and O–H groups in total. The summed E-state index contributed by atoms with van der Waals surface area (Å²) in [7, 11) is 0. The molecule has 0 bridgehead atoms. The van der Waals surface area contributed by atoms with Gasteiger partial charge < -0.3 is 10.2 Å². The first-order valence-electron chi connectivity index (χ1n) is 6.29. The second-order valence-corrected chi connectivity index (χ2v) is 4.50. The predicted octanol–water partition coefficient (Wildman–Crippen LogP) is 1.38. The molecule has 0 aliphatic heterocycles. The lowest BCUT2D eigenvalue weighted by Crippen LogP contribution is -2.47. The van der Waals surface area contributed by atoms with Gasteiger partial charge in [-0.25, -0.2) is 0 Å². The quantitative estimate of drug-likeness (QED) is 0.703. The van der Waals surface area contributed by atoms with Gasteiger partial charge in [-0.15, -0.1) is 0 Å². The molecule has 0 saturated heterocycles. The Morgan fingerprint density at radius 3 is 2.33 bits per heavy atom. The maximum absolute atomic E-state index is 9.90. The SMILES string of the molecule is CCC(CC)N(CCO)[C@@H]1CCC[C@H]1O. The summed E-state index contributed by atoms with van der Waals surface area (Å²) >= 11 is 0. The van der Waals surface area contributed by atoms with Crippen molar-refractivity contribution in [3.8, 4) is 0 Å². The first-order valence-corrected chi connectivity index (χ1v) is 6.29. The Bertz CT molecular complexity index is 171. The molecule has 0 radical (unpaired) electrons. The zero-order chi connectivity index (χ0) is 11.3. The van der Waals surface area contributed by atoms with Gasteiger partial charge in [-0.05, 0) is 32.1 Å². The van der Waals surface area contributed by atoms with Gasteiger partial charge >= 0.3 is 0 Å². The van der Waals surface area contributed by atoms with E-state index in [1.165, 1.54) is 0 Å². The van der Waals surface area contributed by atoms with Gasteiger partial charge in [0.1, 0.15) is 0 Å². The average molecular weight is 215 g/mol. The molecule has 3 nitrogen and oxygen atoms in total. The molecule has 0 aromatic carbocycles. The monoisotopic (exact) mass is 215 g/mol. The van der Waals surface area contributed by atoms with Crippen LogP contribution in [0.2, 0.25) is 0 Å². The highest BCUT2D eigenvalue weighted by Crippen LogP contribution is 2.27. The van der Waals surface area contributed by atoms with Crippen molar-refractivity contribution in [3.05, 3.63) is 0 Å². The van der Waals surface area contributed by atoms with E-state index in [4.69, 9.17) is 5.11 Å². The second kappa shape index (κ2) is 6.46. The molecule has 1 fully saturated rings. The first-order chi connectivity index (χ1) is 7.24. The molecule has 0 aromatic heterocycles. The van der Waals surface area contributed by atoms with Gasteiger partial charge in [0, 0.05) is 18.6 Å². The molecule has 90 valence electrons. The minimum atomic E-state index is -0.183. The molecule has 1 saturated carbocycles. The summed E-state index contributed by atoms with van der Waals surface area (Å²) in [6, 6.07) is 0.789. The van der Waals surface area contributed by atoms with Gasteiger partial charge in [0.05, 0.1) is 12.7 Å². The van der Waals surface area contributed by atoms with Crippen molar-refractivity contribution in [3.63, 3.8) is 0 Å². The van der Waals surface area contributed by atoms with Crippen LogP contribution in [0.1, 0.15) is 46.0 Å². The molecule has 3 heteroatoms. The summed E-state index contributed by atoms with van der Waals surface area (Å²) in [5, 5.41) is 19.0. The molecular weight excluding hydrogens is 190 g/mol. The van der Waals surface area contributed by atoms with Crippen molar-refractivity contribution < 1.29 is 10.2 Å². The molecule has 0 heterocycles. The number of hydrogen-bond donors (Lipinski definition) is 2. The lowest BCUT2D eigenvalue weighted by molar-refractivity contribution is 0.0290. The highest BCUT2D eigenvalue weighted by atomic mass is 16.3. The van der Waals surface area contributed by atoms with Gasteiger partial charge in [-0.1, -0.05) is 13.8 Å². The van der Waals surface area contributed by atoms with Gasteiger partial charge in [-0.2, -0.15) is 0 Å². The summed E-state index contributed by atoms with van der Waals surface area (Å²) in [6.45, 7) is 5.26. The summed E-state index contributed by atoms with van der Waals surface area (Å²) in [5.74, 6) is 0. The van der Waals surface area contributed by atoms with Crippen LogP contribution in [0.25, 0.3) is 0 Å². The number of nitrogens with zero attached hydrogens (tertiary/aromatic N) is 1. The standard InChI is InChI=1S/C12H25NO2/c1-3-10(4-2)13(8-9-14)11-6-5-7-12(11)15/h10-12,14-15H,3-9H2,1-2H3/t11-,12-/m1/s1. The van der Waals surface area contributed by atoms with Crippen LogP contribution < -0.4 is 0 Å². The Balaban J connectivity index is 2.62.